The predicted molar refractivity (Wildman–Crippen MR) is 77.0 cm³/mol. The number of fused-ring (bicyclic) bond motifs is 1. The van der Waals surface area contributed by atoms with E-state index in [4.69, 9.17) is 5.73 Å². The molecule has 2 aromatic heterocycles. The van der Waals surface area contributed by atoms with Crippen LogP contribution >= 0.6 is 0 Å². The highest BCUT2D eigenvalue weighted by molar-refractivity contribution is 5.39. The molecule has 0 radical (unpaired) electrons. The van der Waals surface area contributed by atoms with E-state index in [-0.39, 0.29) is 6.04 Å². The quantitative estimate of drug-likeness (QED) is 0.774. The number of hydrogen-bond donors (Lipinski definition) is 1. The van der Waals surface area contributed by atoms with Crippen LogP contribution in [0.3, 0.4) is 0 Å². The summed E-state index contributed by atoms with van der Waals surface area (Å²) in [6.45, 7) is 0. The summed E-state index contributed by atoms with van der Waals surface area (Å²) in [7, 11) is 0. The molecule has 1 atom stereocenters. The minimum atomic E-state index is 0.104. The lowest BCUT2D eigenvalue weighted by Crippen LogP contribution is -2.25. The van der Waals surface area contributed by atoms with Crippen molar-refractivity contribution in [3.8, 4) is 0 Å². The van der Waals surface area contributed by atoms with Gasteiger partial charge >= 0.3 is 0 Å². The molecule has 1 aromatic carbocycles. The van der Waals surface area contributed by atoms with E-state index in [1.54, 1.807) is 0 Å². The first-order valence-corrected chi connectivity index (χ1v) is 6.53. The summed E-state index contributed by atoms with van der Waals surface area (Å²) in [5.74, 6) is 0. The molecular formula is C16H17N3. The first-order chi connectivity index (χ1) is 9.31. The molecule has 2 heterocycles. The molecule has 3 nitrogen and oxygen atoms in total. The van der Waals surface area contributed by atoms with Gasteiger partial charge in [-0.3, -0.25) is 0 Å². The van der Waals surface area contributed by atoms with Crippen molar-refractivity contribution in [2.45, 2.75) is 18.9 Å². The van der Waals surface area contributed by atoms with Crippen LogP contribution in [-0.2, 0) is 12.8 Å². The molecule has 0 bridgehead atoms. The Labute approximate surface area is 112 Å². The van der Waals surface area contributed by atoms with Crippen LogP contribution < -0.4 is 5.73 Å². The van der Waals surface area contributed by atoms with Crippen molar-refractivity contribution < 1.29 is 0 Å². The first-order valence-electron chi connectivity index (χ1n) is 6.53. The van der Waals surface area contributed by atoms with Gasteiger partial charge in [-0.05, 0) is 24.1 Å². The lowest BCUT2D eigenvalue weighted by molar-refractivity contribution is 0.656. The van der Waals surface area contributed by atoms with Crippen molar-refractivity contribution in [2.75, 3.05) is 0 Å². The summed E-state index contributed by atoms with van der Waals surface area (Å²) in [6.07, 6.45) is 5.75. The van der Waals surface area contributed by atoms with Crippen LogP contribution in [0.4, 0.5) is 0 Å². The highest BCUT2D eigenvalue weighted by Crippen LogP contribution is 2.09. The number of pyridine rings is 1. The third kappa shape index (κ3) is 2.83. The standard InChI is InChI=1S/C16H17N3/c17-14(10-13-6-2-1-3-7-13)11-15-12-19-9-5-4-8-16(19)18-15/h1-9,12,14H,10-11,17H2. The summed E-state index contributed by atoms with van der Waals surface area (Å²) < 4.78 is 2.03. The van der Waals surface area contributed by atoms with Gasteiger partial charge < -0.3 is 10.1 Å². The Balaban J connectivity index is 1.70. The van der Waals surface area contributed by atoms with E-state index in [0.717, 1.165) is 24.2 Å². The maximum absolute atomic E-state index is 6.21. The van der Waals surface area contributed by atoms with E-state index in [0.29, 0.717) is 0 Å². The summed E-state index contributed by atoms with van der Waals surface area (Å²) >= 11 is 0. The molecule has 2 N–H and O–H groups in total. The fourth-order valence-corrected chi connectivity index (χ4v) is 2.34. The molecule has 96 valence electrons. The second kappa shape index (κ2) is 5.24. The second-order valence-corrected chi connectivity index (χ2v) is 4.85. The minimum Gasteiger partial charge on any atom is -0.327 e. The van der Waals surface area contributed by atoms with E-state index in [1.165, 1.54) is 5.56 Å². The Morgan fingerprint density at radius 3 is 2.58 bits per heavy atom. The van der Waals surface area contributed by atoms with Gasteiger partial charge in [-0.25, -0.2) is 4.98 Å². The van der Waals surface area contributed by atoms with E-state index >= 15 is 0 Å². The van der Waals surface area contributed by atoms with Crippen molar-refractivity contribution in [1.29, 1.82) is 0 Å². The van der Waals surface area contributed by atoms with Crippen LogP contribution in [0, 0.1) is 0 Å². The summed E-state index contributed by atoms with van der Waals surface area (Å²) in [6, 6.07) is 16.5. The molecule has 0 saturated carbocycles. The summed E-state index contributed by atoms with van der Waals surface area (Å²) in [5.41, 5.74) is 9.51. The molecule has 0 amide bonds. The molecule has 0 aliphatic heterocycles. The van der Waals surface area contributed by atoms with Crippen molar-refractivity contribution in [1.82, 2.24) is 9.38 Å². The molecular weight excluding hydrogens is 234 g/mol. The molecule has 0 saturated heterocycles. The number of nitrogens with zero attached hydrogens (tertiary/aromatic N) is 2. The molecule has 1 unspecified atom stereocenters. The summed E-state index contributed by atoms with van der Waals surface area (Å²) in [4.78, 5) is 4.58. The van der Waals surface area contributed by atoms with Crippen molar-refractivity contribution in [2.24, 2.45) is 5.73 Å². The van der Waals surface area contributed by atoms with Gasteiger partial charge in [0.2, 0.25) is 0 Å². The molecule has 19 heavy (non-hydrogen) atoms. The molecule has 0 spiro atoms. The number of hydrogen-bond acceptors (Lipinski definition) is 2. The maximum atomic E-state index is 6.21. The molecule has 0 fully saturated rings. The Bertz CT molecular complexity index is 625. The van der Waals surface area contributed by atoms with Crippen LogP contribution in [0.5, 0.6) is 0 Å². The van der Waals surface area contributed by atoms with Crippen molar-refractivity contribution >= 4 is 5.65 Å². The average Bonchev–Trinajstić information content (AvgIpc) is 2.81. The number of imidazole rings is 1. The Morgan fingerprint density at radius 1 is 1.00 bits per heavy atom. The number of benzene rings is 1. The first kappa shape index (κ1) is 11.9. The van der Waals surface area contributed by atoms with Crippen LogP contribution in [0.1, 0.15) is 11.3 Å². The molecule has 3 rings (SSSR count). The zero-order valence-electron chi connectivity index (χ0n) is 10.7. The maximum Gasteiger partial charge on any atom is 0.136 e. The van der Waals surface area contributed by atoms with E-state index < -0.39 is 0 Å². The predicted octanol–water partition coefficient (Wildman–Crippen LogP) is 2.45. The van der Waals surface area contributed by atoms with Crippen molar-refractivity contribution in [3.05, 3.63) is 72.2 Å². The van der Waals surface area contributed by atoms with Crippen LogP contribution in [-0.4, -0.2) is 15.4 Å². The Morgan fingerprint density at radius 2 is 1.79 bits per heavy atom. The second-order valence-electron chi connectivity index (χ2n) is 4.85. The van der Waals surface area contributed by atoms with Gasteiger partial charge in [-0.2, -0.15) is 0 Å². The van der Waals surface area contributed by atoms with Gasteiger partial charge in [-0.1, -0.05) is 36.4 Å². The van der Waals surface area contributed by atoms with Gasteiger partial charge in [0.05, 0.1) is 5.69 Å². The third-order valence-electron chi connectivity index (χ3n) is 3.23. The largest absolute Gasteiger partial charge is 0.327 e. The van der Waals surface area contributed by atoms with Crippen LogP contribution in [0.15, 0.2) is 60.9 Å². The van der Waals surface area contributed by atoms with Gasteiger partial charge in [-0.15, -0.1) is 0 Å². The van der Waals surface area contributed by atoms with Crippen LogP contribution in [0.2, 0.25) is 0 Å². The monoisotopic (exact) mass is 251 g/mol. The third-order valence-corrected chi connectivity index (χ3v) is 3.23. The molecule has 0 aliphatic rings. The Kier molecular flexibility index (Phi) is 3.29. The number of nitrogens with two attached hydrogens (primary N) is 1. The highest BCUT2D eigenvalue weighted by Gasteiger charge is 2.08. The van der Waals surface area contributed by atoms with E-state index in [1.807, 2.05) is 47.0 Å². The van der Waals surface area contributed by atoms with E-state index in [9.17, 15) is 0 Å². The summed E-state index contributed by atoms with van der Waals surface area (Å²) in [5, 5.41) is 0. The fourth-order valence-electron chi connectivity index (χ4n) is 2.34. The average molecular weight is 251 g/mol. The molecule has 0 aliphatic carbocycles. The lowest BCUT2D eigenvalue weighted by atomic mass is 10.0. The normalized spacial score (nSPS) is 12.7. The fraction of sp³-hybridized carbons (Fsp3) is 0.188. The van der Waals surface area contributed by atoms with Crippen molar-refractivity contribution in [3.63, 3.8) is 0 Å². The van der Waals surface area contributed by atoms with Crippen LogP contribution in [0.25, 0.3) is 5.65 Å². The van der Waals surface area contributed by atoms with Gasteiger partial charge in [0.15, 0.2) is 0 Å². The molecule has 3 aromatic rings. The Hall–Kier alpha value is -2.13. The smallest absolute Gasteiger partial charge is 0.136 e. The topological polar surface area (TPSA) is 43.3 Å². The number of rotatable bonds is 4. The SMILES string of the molecule is NC(Cc1ccccc1)Cc1cn2ccccc2n1. The number of aromatic nitrogens is 2. The zero-order valence-corrected chi connectivity index (χ0v) is 10.7. The minimum absolute atomic E-state index is 0.104. The molecule has 3 heteroatoms. The van der Waals surface area contributed by atoms with E-state index in [2.05, 4.69) is 23.3 Å². The zero-order chi connectivity index (χ0) is 13.1. The highest BCUT2D eigenvalue weighted by atomic mass is 15.0. The van der Waals surface area contributed by atoms with Gasteiger partial charge in [0.1, 0.15) is 5.65 Å². The lowest BCUT2D eigenvalue weighted by Gasteiger charge is -2.09. The van der Waals surface area contributed by atoms with Gasteiger partial charge in [0.25, 0.3) is 0 Å². The van der Waals surface area contributed by atoms with Gasteiger partial charge in [0, 0.05) is 24.9 Å².